The van der Waals surface area contributed by atoms with Crippen LogP contribution in [0.5, 0.6) is 0 Å². The summed E-state index contributed by atoms with van der Waals surface area (Å²) in [5.74, 6) is 0.648. The van der Waals surface area contributed by atoms with Crippen LogP contribution >= 0.6 is 0 Å². The lowest BCUT2D eigenvalue weighted by Gasteiger charge is -2.16. The molecule has 160 valence electrons. The monoisotopic (exact) mass is 427 g/mol. The molecule has 0 radical (unpaired) electrons. The lowest BCUT2D eigenvalue weighted by molar-refractivity contribution is -0.643. The highest BCUT2D eigenvalue weighted by Gasteiger charge is 2.25. The van der Waals surface area contributed by atoms with E-state index in [9.17, 15) is 0 Å². The SMILES string of the molecule is Cc1ccc2c3ccccc3n3c2c1c1c2c(cc[n+]1C)cc1cc(CC(C)C)ccc1c23. The second kappa shape index (κ2) is 6.45. The van der Waals surface area contributed by atoms with E-state index in [4.69, 9.17) is 0 Å². The summed E-state index contributed by atoms with van der Waals surface area (Å²) >= 11 is 0. The highest BCUT2D eigenvalue weighted by molar-refractivity contribution is 6.29. The average Bonchev–Trinajstić information content (AvgIpc) is 3.13. The van der Waals surface area contributed by atoms with Gasteiger partial charge < -0.3 is 4.40 Å². The minimum Gasteiger partial charge on any atom is -0.307 e. The minimum absolute atomic E-state index is 0.648. The predicted molar refractivity (Wildman–Crippen MR) is 141 cm³/mol. The first-order chi connectivity index (χ1) is 16.0. The molecule has 2 nitrogen and oxygen atoms in total. The van der Waals surface area contributed by atoms with Gasteiger partial charge in [0, 0.05) is 22.2 Å². The Hall–Kier alpha value is -3.65. The van der Waals surface area contributed by atoms with Gasteiger partial charge in [0.25, 0.3) is 0 Å². The summed E-state index contributed by atoms with van der Waals surface area (Å²) in [6, 6.07) is 25.3. The van der Waals surface area contributed by atoms with Gasteiger partial charge in [0.1, 0.15) is 7.05 Å². The van der Waals surface area contributed by atoms with Crippen LogP contribution < -0.4 is 4.57 Å². The Bertz CT molecular complexity index is 1890. The standard InChI is InChI=1S/C31H27N2/c1-18(2)15-20-10-12-23-22(16-20)17-21-13-14-32(4)31-27-19(3)9-11-25-24-7-5-6-8-26(24)33(30(25)27)29(23)28(21)31/h5-14,16-18H,15H2,1-4H3/q+1. The Kier molecular flexibility index (Phi) is 3.69. The first-order valence-electron chi connectivity index (χ1n) is 11.9. The van der Waals surface area contributed by atoms with Gasteiger partial charge >= 0.3 is 0 Å². The first-order valence-corrected chi connectivity index (χ1v) is 11.9. The fourth-order valence-electron chi connectivity index (χ4n) is 6.10. The number of rotatable bonds is 2. The maximum Gasteiger partial charge on any atom is 0.224 e. The van der Waals surface area contributed by atoms with E-state index in [1.807, 2.05) is 0 Å². The van der Waals surface area contributed by atoms with Gasteiger partial charge in [0.05, 0.1) is 27.3 Å². The van der Waals surface area contributed by atoms with E-state index in [-0.39, 0.29) is 0 Å². The molecule has 4 aromatic carbocycles. The summed E-state index contributed by atoms with van der Waals surface area (Å²) in [6.45, 7) is 6.84. The number of hydrogen-bond donors (Lipinski definition) is 0. The molecule has 0 saturated heterocycles. The predicted octanol–water partition coefficient (Wildman–Crippen LogP) is 7.47. The average molecular weight is 428 g/mol. The molecule has 0 unspecified atom stereocenters. The van der Waals surface area contributed by atoms with Gasteiger partial charge in [-0.3, -0.25) is 0 Å². The molecule has 0 spiro atoms. The number of para-hydroxylation sites is 1. The van der Waals surface area contributed by atoms with Crippen LogP contribution in [0.4, 0.5) is 0 Å². The second-order valence-electron chi connectivity index (χ2n) is 10.1. The second-order valence-corrected chi connectivity index (χ2v) is 10.1. The Morgan fingerprint density at radius 1 is 0.788 bits per heavy atom. The molecule has 0 aliphatic carbocycles. The lowest BCUT2D eigenvalue weighted by atomic mass is 9.94. The third-order valence-electron chi connectivity index (χ3n) is 7.42. The Morgan fingerprint density at radius 3 is 2.42 bits per heavy atom. The molecule has 0 N–H and O–H groups in total. The van der Waals surface area contributed by atoms with Crippen LogP contribution in [0.1, 0.15) is 25.0 Å². The molecule has 3 heterocycles. The molecule has 3 aromatic heterocycles. The Morgan fingerprint density at radius 2 is 1.58 bits per heavy atom. The Labute approximate surface area is 193 Å². The van der Waals surface area contributed by atoms with Gasteiger partial charge in [0.15, 0.2) is 6.20 Å². The van der Waals surface area contributed by atoms with Crippen molar-refractivity contribution in [3.05, 3.63) is 84.1 Å². The maximum absolute atomic E-state index is 2.55. The third kappa shape index (κ3) is 2.41. The van der Waals surface area contributed by atoms with Crippen LogP contribution in [0, 0.1) is 12.8 Å². The number of nitrogens with zero attached hydrogens (tertiary/aromatic N) is 2. The molecular formula is C31H27N2+. The molecule has 0 aliphatic rings. The zero-order valence-corrected chi connectivity index (χ0v) is 19.6. The summed E-state index contributed by atoms with van der Waals surface area (Å²) in [5.41, 5.74) is 8.03. The molecular weight excluding hydrogens is 400 g/mol. The van der Waals surface area contributed by atoms with Crippen molar-refractivity contribution in [2.75, 3.05) is 0 Å². The number of aryl methyl sites for hydroxylation is 2. The van der Waals surface area contributed by atoms with Crippen molar-refractivity contribution < 1.29 is 4.57 Å². The van der Waals surface area contributed by atoms with Gasteiger partial charge in [-0.15, -0.1) is 0 Å². The fraction of sp³-hybridized carbons (Fsp3) is 0.194. The minimum atomic E-state index is 0.648. The molecule has 0 fully saturated rings. The van der Waals surface area contributed by atoms with Crippen LogP contribution in [0.3, 0.4) is 0 Å². The van der Waals surface area contributed by atoms with Crippen molar-refractivity contribution in [2.24, 2.45) is 13.0 Å². The number of pyridine rings is 2. The van der Waals surface area contributed by atoms with Crippen LogP contribution in [0.15, 0.2) is 72.9 Å². The Balaban J connectivity index is 1.85. The van der Waals surface area contributed by atoms with E-state index in [0.29, 0.717) is 5.92 Å². The highest BCUT2D eigenvalue weighted by Crippen LogP contribution is 2.42. The van der Waals surface area contributed by atoms with Crippen molar-refractivity contribution in [3.8, 4) is 0 Å². The number of hydrogen-bond acceptors (Lipinski definition) is 0. The van der Waals surface area contributed by atoms with E-state index in [1.54, 1.807) is 0 Å². The number of aromatic nitrogens is 2. The van der Waals surface area contributed by atoms with Gasteiger partial charge in [-0.05, 0) is 53.3 Å². The topological polar surface area (TPSA) is 8.29 Å². The molecule has 33 heavy (non-hydrogen) atoms. The van der Waals surface area contributed by atoms with E-state index in [2.05, 4.69) is 110 Å². The zero-order valence-electron chi connectivity index (χ0n) is 19.6. The van der Waals surface area contributed by atoms with Gasteiger partial charge in [-0.1, -0.05) is 62.4 Å². The summed E-state index contributed by atoms with van der Waals surface area (Å²) in [6.07, 6.45) is 3.33. The molecule has 0 saturated carbocycles. The molecule has 0 amide bonds. The van der Waals surface area contributed by atoms with Gasteiger partial charge in [-0.2, -0.15) is 0 Å². The molecule has 2 heteroatoms. The quantitative estimate of drug-likeness (QED) is 0.154. The highest BCUT2D eigenvalue weighted by atomic mass is 15.0. The van der Waals surface area contributed by atoms with Crippen LogP contribution in [-0.2, 0) is 13.5 Å². The van der Waals surface area contributed by atoms with Crippen molar-refractivity contribution in [1.29, 1.82) is 0 Å². The largest absolute Gasteiger partial charge is 0.307 e. The summed E-state index contributed by atoms with van der Waals surface area (Å²) in [4.78, 5) is 0. The van der Waals surface area contributed by atoms with Crippen molar-refractivity contribution in [2.45, 2.75) is 27.2 Å². The van der Waals surface area contributed by atoms with Gasteiger partial charge in [0.2, 0.25) is 5.52 Å². The molecule has 7 aromatic rings. The molecule has 7 rings (SSSR count). The van der Waals surface area contributed by atoms with Crippen molar-refractivity contribution in [1.82, 2.24) is 4.40 Å². The van der Waals surface area contributed by atoms with Gasteiger partial charge in [-0.25, -0.2) is 4.57 Å². The van der Waals surface area contributed by atoms with Crippen LogP contribution in [-0.4, -0.2) is 4.40 Å². The van der Waals surface area contributed by atoms with Crippen LogP contribution in [0.2, 0.25) is 0 Å². The van der Waals surface area contributed by atoms with E-state index >= 15 is 0 Å². The maximum atomic E-state index is 2.55. The zero-order chi connectivity index (χ0) is 22.4. The number of benzene rings is 4. The summed E-state index contributed by atoms with van der Waals surface area (Å²) < 4.78 is 4.86. The van der Waals surface area contributed by atoms with Crippen molar-refractivity contribution in [3.63, 3.8) is 0 Å². The summed E-state index contributed by atoms with van der Waals surface area (Å²) in [7, 11) is 2.19. The smallest absolute Gasteiger partial charge is 0.224 e. The fourth-order valence-corrected chi connectivity index (χ4v) is 6.10. The first kappa shape index (κ1) is 18.9. The van der Waals surface area contributed by atoms with E-state index < -0.39 is 0 Å². The number of fused-ring (bicyclic) bond motifs is 7. The molecule has 0 aliphatic heterocycles. The van der Waals surface area contributed by atoms with E-state index in [0.717, 1.165) is 6.42 Å². The molecule has 0 atom stereocenters. The summed E-state index contributed by atoms with van der Waals surface area (Å²) in [5, 5.41) is 9.35. The molecule has 0 bridgehead atoms. The van der Waals surface area contributed by atoms with Crippen LogP contribution in [0.25, 0.3) is 59.8 Å². The van der Waals surface area contributed by atoms with E-state index in [1.165, 1.54) is 70.9 Å². The normalized spacial score (nSPS) is 12.6. The lowest BCUT2D eigenvalue weighted by Crippen LogP contribution is -2.28. The third-order valence-corrected chi connectivity index (χ3v) is 7.42. The van der Waals surface area contributed by atoms with Crippen molar-refractivity contribution >= 4 is 59.8 Å².